The number of benzene rings is 2. The van der Waals surface area contributed by atoms with Crippen molar-refractivity contribution in [1.82, 2.24) is 25.1 Å². The number of aryl methyl sites for hydroxylation is 1. The van der Waals surface area contributed by atoms with Crippen LogP contribution in [0.4, 0.5) is 11.5 Å². The molecule has 4 heterocycles. The number of ether oxygens (including phenoxy) is 1. The SMILES string of the molecule is Cc1ccc(-c2nnc(Nc3ccc(Oc4ccnc5ccncc45)cc3)c3ccccc23)nc1. The van der Waals surface area contributed by atoms with E-state index in [-0.39, 0.29) is 0 Å². The number of nitrogens with zero attached hydrogens (tertiary/aromatic N) is 5. The minimum Gasteiger partial charge on any atom is -0.457 e. The lowest BCUT2D eigenvalue weighted by Gasteiger charge is -2.12. The highest BCUT2D eigenvalue weighted by Crippen LogP contribution is 2.32. The first-order valence-electron chi connectivity index (χ1n) is 11.2. The van der Waals surface area contributed by atoms with E-state index in [1.807, 2.05) is 85.9 Å². The molecular formula is C28H20N6O. The van der Waals surface area contributed by atoms with Gasteiger partial charge in [0, 0.05) is 41.2 Å². The van der Waals surface area contributed by atoms with Crippen LogP contribution in [-0.2, 0) is 0 Å². The standard InChI is InChI=1S/C28H20N6O/c1-18-6-11-25(31-16-18)27-21-4-2-3-5-22(21)28(34-33-27)32-19-7-9-20(10-8-19)35-26-13-15-30-24-12-14-29-17-23(24)26/h2-17H,1H3,(H,32,34). The molecule has 7 nitrogen and oxygen atoms in total. The van der Waals surface area contributed by atoms with E-state index in [1.165, 1.54) is 0 Å². The fourth-order valence-corrected chi connectivity index (χ4v) is 3.92. The monoisotopic (exact) mass is 456 g/mol. The topological polar surface area (TPSA) is 85.7 Å². The van der Waals surface area contributed by atoms with Crippen LogP contribution >= 0.6 is 0 Å². The molecule has 0 atom stereocenters. The van der Waals surface area contributed by atoms with Crippen LogP contribution in [-0.4, -0.2) is 25.1 Å². The lowest BCUT2D eigenvalue weighted by molar-refractivity contribution is 0.488. The van der Waals surface area contributed by atoms with E-state index >= 15 is 0 Å². The van der Waals surface area contributed by atoms with Gasteiger partial charge < -0.3 is 10.1 Å². The van der Waals surface area contributed by atoms with Gasteiger partial charge in [0.15, 0.2) is 5.82 Å². The van der Waals surface area contributed by atoms with E-state index in [4.69, 9.17) is 4.74 Å². The zero-order chi connectivity index (χ0) is 23.6. The van der Waals surface area contributed by atoms with Crippen LogP contribution in [0.3, 0.4) is 0 Å². The van der Waals surface area contributed by atoms with Crippen LogP contribution in [0, 0.1) is 6.92 Å². The summed E-state index contributed by atoms with van der Waals surface area (Å²) in [6.45, 7) is 2.01. The van der Waals surface area contributed by atoms with Gasteiger partial charge in [0.25, 0.3) is 0 Å². The van der Waals surface area contributed by atoms with Crippen LogP contribution < -0.4 is 10.1 Å². The van der Waals surface area contributed by atoms with Crippen molar-refractivity contribution >= 4 is 33.2 Å². The summed E-state index contributed by atoms with van der Waals surface area (Å²) in [5.74, 6) is 2.10. The highest BCUT2D eigenvalue weighted by molar-refractivity contribution is 6.00. The molecule has 0 spiro atoms. The van der Waals surface area contributed by atoms with Crippen LogP contribution in [0.2, 0.25) is 0 Å². The summed E-state index contributed by atoms with van der Waals surface area (Å²) in [4.78, 5) is 13.1. The highest BCUT2D eigenvalue weighted by Gasteiger charge is 2.12. The number of rotatable bonds is 5. The second-order valence-electron chi connectivity index (χ2n) is 8.12. The van der Waals surface area contributed by atoms with Crippen molar-refractivity contribution in [3.8, 4) is 22.9 Å². The number of hydrogen-bond donors (Lipinski definition) is 1. The van der Waals surface area contributed by atoms with Crippen molar-refractivity contribution in [3.63, 3.8) is 0 Å². The fourth-order valence-electron chi connectivity index (χ4n) is 3.92. The van der Waals surface area contributed by atoms with E-state index in [2.05, 4.69) is 30.5 Å². The Bertz CT molecular complexity index is 1640. The quantitative estimate of drug-likeness (QED) is 0.318. The van der Waals surface area contributed by atoms with Crippen molar-refractivity contribution in [2.75, 3.05) is 5.32 Å². The van der Waals surface area contributed by atoms with E-state index in [1.54, 1.807) is 18.6 Å². The molecule has 0 aliphatic heterocycles. The molecule has 0 saturated carbocycles. The summed E-state index contributed by atoms with van der Waals surface area (Å²) in [6.07, 6.45) is 7.04. The van der Waals surface area contributed by atoms with Gasteiger partial charge in [-0.15, -0.1) is 10.2 Å². The van der Waals surface area contributed by atoms with Gasteiger partial charge in [-0.3, -0.25) is 15.0 Å². The second-order valence-corrected chi connectivity index (χ2v) is 8.12. The molecule has 0 saturated heterocycles. The first-order valence-corrected chi connectivity index (χ1v) is 11.2. The number of aromatic nitrogens is 5. The Hall–Kier alpha value is -4.91. The molecule has 0 unspecified atom stereocenters. The zero-order valence-electron chi connectivity index (χ0n) is 18.9. The molecule has 168 valence electrons. The van der Waals surface area contributed by atoms with Crippen molar-refractivity contribution in [2.24, 2.45) is 0 Å². The first-order chi connectivity index (χ1) is 17.2. The van der Waals surface area contributed by atoms with Gasteiger partial charge in [-0.2, -0.15) is 0 Å². The third-order valence-electron chi connectivity index (χ3n) is 5.69. The van der Waals surface area contributed by atoms with Gasteiger partial charge in [0.1, 0.15) is 17.2 Å². The average molecular weight is 457 g/mol. The molecule has 0 aliphatic rings. The number of anilines is 2. The van der Waals surface area contributed by atoms with E-state index in [0.29, 0.717) is 17.3 Å². The number of hydrogen-bond acceptors (Lipinski definition) is 7. The first kappa shape index (κ1) is 20.7. The van der Waals surface area contributed by atoms with E-state index in [9.17, 15) is 0 Å². The van der Waals surface area contributed by atoms with Gasteiger partial charge in [-0.1, -0.05) is 30.3 Å². The lowest BCUT2D eigenvalue weighted by Crippen LogP contribution is -2.00. The molecule has 35 heavy (non-hydrogen) atoms. The zero-order valence-corrected chi connectivity index (χ0v) is 18.9. The predicted octanol–water partition coefficient (Wildman–Crippen LogP) is 6.48. The molecule has 0 radical (unpaired) electrons. The fraction of sp³-hybridized carbons (Fsp3) is 0.0357. The molecule has 0 aliphatic carbocycles. The Kier molecular flexibility index (Phi) is 5.20. The van der Waals surface area contributed by atoms with Gasteiger partial charge in [0.2, 0.25) is 0 Å². The largest absolute Gasteiger partial charge is 0.457 e. The van der Waals surface area contributed by atoms with Crippen LogP contribution in [0.15, 0.2) is 97.6 Å². The minimum absolute atomic E-state index is 0.677. The van der Waals surface area contributed by atoms with Gasteiger partial charge >= 0.3 is 0 Å². The van der Waals surface area contributed by atoms with Crippen molar-refractivity contribution < 1.29 is 4.74 Å². The molecular weight excluding hydrogens is 436 g/mol. The Balaban J connectivity index is 1.28. The van der Waals surface area contributed by atoms with Gasteiger partial charge in [0.05, 0.1) is 16.6 Å². The Labute approximate surface area is 201 Å². The molecule has 6 rings (SSSR count). The summed E-state index contributed by atoms with van der Waals surface area (Å²) in [5, 5.41) is 15.2. The van der Waals surface area contributed by atoms with Crippen LogP contribution in [0.5, 0.6) is 11.5 Å². The molecule has 0 amide bonds. The average Bonchev–Trinajstić information content (AvgIpc) is 2.91. The smallest absolute Gasteiger partial charge is 0.161 e. The summed E-state index contributed by atoms with van der Waals surface area (Å²) in [7, 11) is 0. The summed E-state index contributed by atoms with van der Waals surface area (Å²) in [5.41, 5.74) is 4.37. The van der Waals surface area contributed by atoms with E-state index in [0.717, 1.165) is 44.3 Å². The molecule has 6 aromatic rings. The molecule has 2 aromatic carbocycles. The Morgan fingerprint density at radius 1 is 0.714 bits per heavy atom. The number of fused-ring (bicyclic) bond motifs is 2. The summed E-state index contributed by atoms with van der Waals surface area (Å²) in [6, 6.07) is 23.5. The Morgan fingerprint density at radius 3 is 2.40 bits per heavy atom. The third kappa shape index (κ3) is 4.11. The van der Waals surface area contributed by atoms with Crippen LogP contribution in [0.1, 0.15) is 5.56 Å². The molecule has 0 fully saturated rings. The second kappa shape index (κ2) is 8.79. The van der Waals surface area contributed by atoms with Crippen LogP contribution in [0.25, 0.3) is 33.1 Å². The van der Waals surface area contributed by atoms with Gasteiger partial charge in [-0.25, -0.2) is 0 Å². The normalized spacial score (nSPS) is 11.0. The highest BCUT2D eigenvalue weighted by atomic mass is 16.5. The third-order valence-corrected chi connectivity index (χ3v) is 5.69. The van der Waals surface area contributed by atoms with E-state index < -0.39 is 0 Å². The number of nitrogens with one attached hydrogen (secondary N) is 1. The molecule has 7 heteroatoms. The van der Waals surface area contributed by atoms with Gasteiger partial charge in [-0.05, 0) is 55.0 Å². The summed E-state index contributed by atoms with van der Waals surface area (Å²) >= 11 is 0. The molecule has 1 N–H and O–H groups in total. The van der Waals surface area contributed by atoms with Crippen molar-refractivity contribution in [3.05, 3.63) is 103 Å². The maximum atomic E-state index is 6.10. The maximum Gasteiger partial charge on any atom is 0.161 e. The van der Waals surface area contributed by atoms with Crippen molar-refractivity contribution in [2.45, 2.75) is 6.92 Å². The Morgan fingerprint density at radius 2 is 1.57 bits per heavy atom. The molecule has 0 bridgehead atoms. The number of pyridine rings is 3. The van der Waals surface area contributed by atoms with Crippen molar-refractivity contribution in [1.29, 1.82) is 0 Å². The lowest BCUT2D eigenvalue weighted by atomic mass is 10.1. The summed E-state index contributed by atoms with van der Waals surface area (Å²) < 4.78 is 6.10. The predicted molar refractivity (Wildman–Crippen MR) is 137 cm³/mol. The molecule has 4 aromatic heterocycles. The minimum atomic E-state index is 0.677. The maximum absolute atomic E-state index is 6.10.